The third-order valence-corrected chi connectivity index (χ3v) is 3.43. The van der Waals surface area contributed by atoms with E-state index in [1.54, 1.807) is 6.20 Å². The Hall–Kier alpha value is -1.14. The minimum Gasteiger partial charge on any atom is -0.378 e. The van der Waals surface area contributed by atoms with Gasteiger partial charge in [-0.2, -0.15) is 0 Å². The highest BCUT2D eigenvalue weighted by Gasteiger charge is 2.38. The molecule has 3 N–H and O–H groups in total. The monoisotopic (exact) mass is 299 g/mol. The van der Waals surface area contributed by atoms with Crippen LogP contribution in [0.2, 0.25) is 0 Å². The van der Waals surface area contributed by atoms with Crippen LogP contribution in [-0.2, 0) is 4.79 Å². The Morgan fingerprint density at radius 1 is 1.59 bits per heavy atom. The predicted octanol–water partition coefficient (Wildman–Crippen LogP) is 0.661. The highest BCUT2D eigenvalue weighted by atomic mass is 79.9. The van der Waals surface area contributed by atoms with Gasteiger partial charge in [-0.1, -0.05) is 0 Å². The van der Waals surface area contributed by atoms with E-state index in [2.05, 4.69) is 20.9 Å². The van der Waals surface area contributed by atoms with Crippen LogP contribution in [0.25, 0.3) is 0 Å². The number of halogens is 1. The lowest BCUT2D eigenvalue weighted by Crippen LogP contribution is -2.56. The number of rotatable bonds is 2. The summed E-state index contributed by atoms with van der Waals surface area (Å²) in [6.07, 6.45) is 2.82. The third kappa shape index (κ3) is 2.58. The zero-order valence-electron chi connectivity index (χ0n) is 9.27. The maximum absolute atomic E-state index is 11.2. The molecule has 0 spiro atoms. The molecule has 1 aromatic heterocycles. The Morgan fingerprint density at radius 3 is 2.94 bits per heavy atom. The van der Waals surface area contributed by atoms with Crippen molar-refractivity contribution >= 4 is 27.7 Å². The van der Waals surface area contributed by atoms with E-state index in [0.29, 0.717) is 6.42 Å². The number of nitrogens with two attached hydrogens (primary N) is 1. The van der Waals surface area contributed by atoms with Gasteiger partial charge in [-0.05, 0) is 40.9 Å². The van der Waals surface area contributed by atoms with Gasteiger partial charge < -0.3 is 15.7 Å². The van der Waals surface area contributed by atoms with Crippen molar-refractivity contribution in [2.45, 2.75) is 18.4 Å². The van der Waals surface area contributed by atoms with Crippen molar-refractivity contribution in [3.63, 3.8) is 0 Å². The van der Waals surface area contributed by atoms with Crippen molar-refractivity contribution in [1.29, 1.82) is 0 Å². The van der Waals surface area contributed by atoms with Gasteiger partial charge in [0, 0.05) is 17.2 Å². The highest BCUT2D eigenvalue weighted by molar-refractivity contribution is 9.10. The number of hydrogen-bond donors (Lipinski definition) is 2. The van der Waals surface area contributed by atoms with Crippen LogP contribution >= 0.6 is 15.9 Å². The number of aromatic nitrogens is 1. The van der Waals surface area contributed by atoms with Crippen molar-refractivity contribution in [1.82, 2.24) is 4.98 Å². The van der Waals surface area contributed by atoms with Crippen molar-refractivity contribution in [2.75, 3.05) is 18.0 Å². The number of pyridine rings is 1. The molecule has 0 bridgehead atoms. The number of amides is 1. The summed E-state index contributed by atoms with van der Waals surface area (Å²) >= 11 is 3.31. The van der Waals surface area contributed by atoms with E-state index in [-0.39, 0.29) is 6.54 Å². The van der Waals surface area contributed by atoms with Gasteiger partial charge >= 0.3 is 0 Å². The van der Waals surface area contributed by atoms with E-state index >= 15 is 0 Å². The first-order chi connectivity index (χ1) is 8.01. The van der Waals surface area contributed by atoms with Gasteiger partial charge in [-0.15, -0.1) is 0 Å². The smallest absolute Gasteiger partial charge is 0.251 e. The number of anilines is 1. The number of aliphatic hydroxyl groups is 1. The normalized spacial score (nSPS) is 24.7. The van der Waals surface area contributed by atoms with E-state index in [1.807, 2.05) is 17.0 Å². The first kappa shape index (κ1) is 12.3. The van der Waals surface area contributed by atoms with Crippen LogP contribution < -0.4 is 10.6 Å². The van der Waals surface area contributed by atoms with Crippen LogP contribution in [0.3, 0.4) is 0 Å². The number of piperidine rings is 1. The molecule has 6 heteroatoms. The molecule has 1 saturated heterocycles. The standard InChI is InChI=1S/C11H14BrN3O2/c12-8-2-3-9(14-6-8)15-5-1-4-11(17,7-15)10(13)16/h2-3,6,17H,1,4-5,7H2,(H2,13,16). The van der Waals surface area contributed by atoms with Crippen LogP contribution in [0.15, 0.2) is 22.8 Å². The molecular weight excluding hydrogens is 286 g/mol. The lowest BCUT2D eigenvalue weighted by Gasteiger charge is -2.37. The zero-order valence-corrected chi connectivity index (χ0v) is 10.9. The van der Waals surface area contributed by atoms with Crippen LogP contribution in [0.5, 0.6) is 0 Å². The van der Waals surface area contributed by atoms with Gasteiger partial charge in [0.05, 0.1) is 6.54 Å². The summed E-state index contributed by atoms with van der Waals surface area (Å²) in [6, 6.07) is 3.72. The second-order valence-electron chi connectivity index (χ2n) is 4.26. The number of nitrogens with zero attached hydrogens (tertiary/aromatic N) is 2. The summed E-state index contributed by atoms with van der Waals surface area (Å²) in [5.41, 5.74) is 3.78. The molecule has 1 fully saturated rings. The Kier molecular flexibility index (Phi) is 3.35. The Balaban J connectivity index is 2.17. The van der Waals surface area contributed by atoms with Crippen LogP contribution in [0.1, 0.15) is 12.8 Å². The van der Waals surface area contributed by atoms with E-state index in [4.69, 9.17) is 5.73 Å². The Labute approximate surface area is 108 Å². The van der Waals surface area contributed by atoms with Gasteiger partial charge in [-0.3, -0.25) is 4.79 Å². The number of carbonyl (C=O) groups is 1. The van der Waals surface area contributed by atoms with Crippen molar-refractivity contribution < 1.29 is 9.90 Å². The molecule has 0 aliphatic carbocycles. The first-order valence-electron chi connectivity index (χ1n) is 5.40. The lowest BCUT2D eigenvalue weighted by atomic mass is 9.92. The molecule has 0 radical (unpaired) electrons. The summed E-state index contributed by atoms with van der Waals surface area (Å²) in [4.78, 5) is 17.3. The van der Waals surface area contributed by atoms with E-state index in [0.717, 1.165) is 23.3 Å². The summed E-state index contributed by atoms with van der Waals surface area (Å²) in [6.45, 7) is 0.973. The Bertz CT molecular complexity index is 423. The second-order valence-corrected chi connectivity index (χ2v) is 5.17. The largest absolute Gasteiger partial charge is 0.378 e. The zero-order chi connectivity index (χ0) is 12.5. The molecule has 1 aromatic rings. The molecule has 2 rings (SSSR count). The van der Waals surface area contributed by atoms with Crippen LogP contribution in [0, 0.1) is 0 Å². The van der Waals surface area contributed by atoms with E-state index in [1.165, 1.54) is 0 Å². The fraction of sp³-hybridized carbons (Fsp3) is 0.455. The highest BCUT2D eigenvalue weighted by Crippen LogP contribution is 2.25. The molecule has 1 aliphatic rings. The average Bonchev–Trinajstić information content (AvgIpc) is 2.30. The molecule has 1 aliphatic heterocycles. The van der Waals surface area contributed by atoms with Crippen LogP contribution in [-0.4, -0.2) is 34.7 Å². The van der Waals surface area contributed by atoms with Crippen molar-refractivity contribution in [2.24, 2.45) is 5.73 Å². The molecule has 0 saturated carbocycles. The maximum atomic E-state index is 11.2. The molecule has 1 atom stereocenters. The van der Waals surface area contributed by atoms with E-state index in [9.17, 15) is 9.90 Å². The van der Waals surface area contributed by atoms with Gasteiger partial charge in [0.15, 0.2) is 5.60 Å². The quantitative estimate of drug-likeness (QED) is 0.841. The second kappa shape index (κ2) is 4.62. The van der Waals surface area contributed by atoms with Gasteiger partial charge in [0.1, 0.15) is 5.82 Å². The van der Waals surface area contributed by atoms with Gasteiger partial charge in [0.2, 0.25) is 0 Å². The van der Waals surface area contributed by atoms with Crippen LogP contribution in [0.4, 0.5) is 5.82 Å². The molecule has 2 heterocycles. The fourth-order valence-electron chi connectivity index (χ4n) is 1.99. The third-order valence-electron chi connectivity index (χ3n) is 2.97. The summed E-state index contributed by atoms with van der Waals surface area (Å²) in [5, 5.41) is 10.1. The lowest BCUT2D eigenvalue weighted by molar-refractivity contribution is -0.137. The van der Waals surface area contributed by atoms with Crippen molar-refractivity contribution in [3.05, 3.63) is 22.8 Å². The minimum atomic E-state index is -1.44. The van der Waals surface area contributed by atoms with Crippen molar-refractivity contribution in [3.8, 4) is 0 Å². The predicted molar refractivity (Wildman–Crippen MR) is 67.5 cm³/mol. The number of carbonyl (C=O) groups excluding carboxylic acids is 1. The molecule has 5 nitrogen and oxygen atoms in total. The van der Waals surface area contributed by atoms with E-state index < -0.39 is 11.5 Å². The molecule has 92 valence electrons. The van der Waals surface area contributed by atoms with Gasteiger partial charge in [-0.25, -0.2) is 4.98 Å². The number of β-amino-alcohol motifs (C(OH)–C–C–N with tert-alkyl or cyclic N) is 1. The number of primary amides is 1. The van der Waals surface area contributed by atoms with Gasteiger partial charge in [0.25, 0.3) is 5.91 Å². The maximum Gasteiger partial charge on any atom is 0.251 e. The molecule has 1 amide bonds. The molecular formula is C11H14BrN3O2. The molecule has 0 aromatic carbocycles. The summed E-state index contributed by atoms with van der Waals surface area (Å²) in [7, 11) is 0. The Morgan fingerprint density at radius 2 is 2.35 bits per heavy atom. The average molecular weight is 300 g/mol. The fourth-order valence-corrected chi connectivity index (χ4v) is 2.22. The molecule has 1 unspecified atom stereocenters. The molecule has 17 heavy (non-hydrogen) atoms. The minimum absolute atomic E-state index is 0.205. The topological polar surface area (TPSA) is 79.5 Å². The number of hydrogen-bond acceptors (Lipinski definition) is 4. The first-order valence-corrected chi connectivity index (χ1v) is 6.19. The SMILES string of the molecule is NC(=O)C1(O)CCCN(c2ccc(Br)cn2)C1. The summed E-state index contributed by atoms with van der Waals surface area (Å²) in [5.74, 6) is 0.0758. The summed E-state index contributed by atoms with van der Waals surface area (Å²) < 4.78 is 0.892.